The first-order valence-electron chi connectivity index (χ1n) is 6.26. The summed E-state index contributed by atoms with van der Waals surface area (Å²) in [5, 5.41) is 10.7. The monoisotopic (exact) mass is 289 g/mol. The molecule has 0 unspecified atom stereocenters. The zero-order valence-electron chi connectivity index (χ0n) is 10.9. The highest BCUT2D eigenvalue weighted by Gasteiger charge is 2.17. The molecule has 1 heterocycles. The van der Waals surface area contributed by atoms with Crippen molar-refractivity contribution in [3.63, 3.8) is 0 Å². The summed E-state index contributed by atoms with van der Waals surface area (Å²) in [5.74, 6) is -0.991. The number of nitrogens with zero attached hydrogens (tertiary/aromatic N) is 1. The van der Waals surface area contributed by atoms with Crippen molar-refractivity contribution in [1.82, 2.24) is 0 Å². The fourth-order valence-electron chi connectivity index (χ4n) is 1.87. The zero-order valence-corrected chi connectivity index (χ0v) is 11.7. The lowest BCUT2D eigenvalue weighted by Crippen LogP contribution is -2.34. The highest BCUT2D eigenvalue weighted by molar-refractivity contribution is 7.10. The molecule has 1 amide bonds. The number of carboxylic acid groups (broad SMARTS) is 1. The summed E-state index contributed by atoms with van der Waals surface area (Å²) in [7, 11) is 0. The van der Waals surface area contributed by atoms with Crippen LogP contribution in [0.3, 0.4) is 0 Å². The minimum absolute atomic E-state index is 0.0644. The second kappa shape index (κ2) is 6.86. The van der Waals surface area contributed by atoms with Crippen LogP contribution in [0.5, 0.6) is 0 Å². The molecule has 0 radical (unpaired) electrons. The van der Waals surface area contributed by atoms with Gasteiger partial charge < -0.3 is 10.0 Å². The third-order valence-electron chi connectivity index (χ3n) is 2.82. The second-order valence-corrected chi connectivity index (χ2v) is 5.31. The summed E-state index contributed by atoms with van der Waals surface area (Å²) in [5.41, 5.74) is 0.732. The van der Waals surface area contributed by atoms with Crippen LogP contribution in [0.15, 0.2) is 47.8 Å². The highest BCUT2D eigenvalue weighted by Crippen LogP contribution is 2.17. The van der Waals surface area contributed by atoms with Gasteiger partial charge in [0, 0.05) is 17.1 Å². The Morgan fingerprint density at radius 1 is 1.10 bits per heavy atom. The number of carboxylic acids is 1. The van der Waals surface area contributed by atoms with E-state index in [1.807, 2.05) is 47.8 Å². The first-order chi connectivity index (χ1) is 9.66. The van der Waals surface area contributed by atoms with E-state index in [-0.39, 0.29) is 18.9 Å². The highest BCUT2D eigenvalue weighted by atomic mass is 32.1. The van der Waals surface area contributed by atoms with Gasteiger partial charge in [-0.25, -0.2) is 0 Å². The van der Waals surface area contributed by atoms with Gasteiger partial charge in [0.05, 0.1) is 12.8 Å². The van der Waals surface area contributed by atoms with Gasteiger partial charge in [-0.3, -0.25) is 9.59 Å². The van der Waals surface area contributed by atoms with Crippen LogP contribution in [0.25, 0.3) is 0 Å². The largest absolute Gasteiger partial charge is 0.481 e. The predicted molar refractivity (Wildman–Crippen MR) is 79.1 cm³/mol. The molecular weight excluding hydrogens is 274 g/mol. The average molecular weight is 289 g/mol. The number of carbonyl (C=O) groups is 2. The maximum Gasteiger partial charge on any atom is 0.305 e. The van der Waals surface area contributed by atoms with Gasteiger partial charge in [-0.1, -0.05) is 24.3 Å². The van der Waals surface area contributed by atoms with Crippen LogP contribution in [-0.2, 0) is 16.0 Å². The van der Waals surface area contributed by atoms with E-state index < -0.39 is 5.97 Å². The number of hydrogen-bond acceptors (Lipinski definition) is 3. The number of amides is 1. The fourth-order valence-corrected chi connectivity index (χ4v) is 2.57. The Balaban J connectivity index is 2.13. The van der Waals surface area contributed by atoms with E-state index in [9.17, 15) is 9.59 Å². The van der Waals surface area contributed by atoms with E-state index in [2.05, 4.69) is 0 Å². The molecule has 0 atom stereocenters. The summed E-state index contributed by atoms with van der Waals surface area (Å²) < 4.78 is 0. The number of carbonyl (C=O) groups excluding carboxylic acids is 1. The van der Waals surface area contributed by atoms with Crippen LogP contribution in [0.4, 0.5) is 5.69 Å². The smallest absolute Gasteiger partial charge is 0.305 e. The molecule has 20 heavy (non-hydrogen) atoms. The van der Waals surface area contributed by atoms with Crippen molar-refractivity contribution in [2.24, 2.45) is 0 Å². The van der Waals surface area contributed by atoms with Gasteiger partial charge in [0.1, 0.15) is 0 Å². The Bertz CT molecular complexity index is 566. The fraction of sp³-hybridized carbons (Fsp3) is 0.200. The normalized spacial score (nSPS) is 10.2. The van der Waals surface area contributed by atoms with Gasteiger partial charge in [-0.15, -0.1) is 11.3 Å². The molecule has 5 heteroatoms. The van der Waals surface area contributed by atoms with E-state index in [1.54, 1.807) is 0 Å². The standard InChI is InChI=1S/C15H15NO3S/c17-14(11-13-7-4-10-20-13)16(9-8-15(18)19)12-5-2-1-3-6-12/h1-7,10H,8-9,11H2,(H,18,19). The Labute approximate surface area is 121 Å². The number of rotatable bonds is 6. The van der Waals surface area contributed by atoms with E-state index in [1.165, 1.54) is 16.2 Å². The molecule has 1 N–H and O–H groups in total. The molecule has 0 fully saturated rings. The lowest BCUT2D eigenvalue weighted by Gasteiger charge is -2.22. The zero-order chi connectivity index (χ0) is 14.4. The van der Waals surface area contributed by atoms with Crippen molar-refractivity contribution in [2.45, 2.75) is 12.8 Å². The molecule has 0 aliphatic heterocycles. The van der Waals surface area contributed by atoms with Crippen molar-refractivity contribution in [3.05, 3.63) is 52.7 Å². The van der Waals surface area contributed by atoms with Crippen LogP contribution in [0.1, 0.15) is 11.3 Å². The number of anilines is 1. The minimum Gasteiger partial charge on any atom is -0.481 e. The molecule has 0 aliphatic rings. The van der Waals surface area contributed by atoms with Crippen molar-refractivity contribution < 1.29 is 14.7 Å². The summed E-state index contributed by atoms with van der Waals surface area (Å²) in [6.07, 6.45) is 0.233. The minimum atomic E-state index is -0.908. The SMILES string of the molecule is O=C(O)CCN(C(=O)Cc1cccs1)c1ccccc1. The summed E-state index contributed by atoms with van der Waals surface area (Å²) in [6.45, 7) is 0.184. The third kappa shape index (κ3) is 3.93. The molecule has 0 bridgehead atoms. The second-order valence-electron chi connectivity index (χ2n) is 4.28. The van der Waals surface area contributed by atoms with Crippen LogP contribution >= 0.6 is 11.3 Å². The Hall–Kier alpha value is -2.14. The van der Waals surface area contributed by atoms with Gasteiger partial charge >= 0.3 is 5.97 Å². The molecule has 0 spiro atoms. The number of benzene rings is 1. The van der Waals surface area contributed by atoms with Crippen LogP contribution in [0.2, 0.25) is 0 Å². The van der Waals surface area contributed by atoms with Gasteiger partial charge in [-0.2, -0.15) is 0 Å². The molecule has 2 aromatic rings. The molecule has 104 valence electrons. The van der Waals surface area contributed by atoms with Crippen LogP contribution in [0, 0.1) is 0 Å². The quantitative estimate of drug-likeness (QED) is 0.889. The van der Waals surface area contributed by atoms with Gasteiger partial charge in [-0.05, 0) is 23.6 Å². The predicted octanol–water partition coefficient (Wildman–Crippen LogP) is 2.80. The molecule has 0 aliphatic carbocycles. The van der Waals surface area contributed by atoms with Gasteiger partial charge in [0.15, 0.2) is 0 Å². The van der Waals surface area contributed by atoms with Gasteiger partial charge in [0.2, 0.25) is 5.91 Å². The number of hydrogen-bond donors (Lipinski definition) is 1. The van der Waals surface area contributed by atoms with E-state index in [4.69, 9.17) is 5.11 Å². The van der Waals surface area contributed by atoms with Crippen molar-refractivity contribution in [2.75, 3.05) is 11.4 Å². The molecule has 1 aromatic carbocycles. The lowest BCUT2D eigenvalue weighted by atomic mass is 10.2. The summed E-state index contributed by atoms with van der Waals surface area (Å²) in [6, 6.07) is 13.0. The molecule has 0 saturated carbocycles. The summed E-state index contributed by atoms with van der Waals surface area (Å²) >= 11 is 1.52. The van der Waals surface area contributed by atoms with Crippen molar-refractivity contribution >= 4 is 28.9 Å². The maximum atomic E-state index is 12.4. The topological polar surface area (TPSA) is 57.6 Å². The van der Waals surface area contributed by atoms with E-state index >= 15 is 0 Å². The van der Waals surface area contributed by atoms with Gasteiger partial charge in [0.25, 0.3) is 0 Å². The third-order valence-corrected chi connectivity index (χ3v) is 3.70. The lowest BCUT2D eigenvalue weighted by molar-refractivity contribution is -0.136. The average Bonchev–Trinajstić information content (AvgIpc) is 2.92. The van der Waals surface area contributed by atoms with E-state index in [0.717, 1.165) is 10.6 Å². The summed E-state index contributed by atoms with van der Waals surface area (Å²) in [4.78, 5) is 25.6. The Kier molecular flexibility index (Phi) is 4.90. The molecule has 0 saturated heterocycles. The molecule has 1 aromatic heterocycles. The molecule has 4 nitrogen and oxygen atoms in total. The van der Waals surface area contributed by atoms with Crippen LogP contribution < -0.4 is 4.90 Å². The first-order valence-corrected chi connectivity index (χ1v) is 7.14. The maximum absolute atomic E-state index is 12.4. The van der Waals surface area contributed by atoms with Crippen molar-refractivity contribution in [1.29, 1.82) is 0 Å². The Morgan fingerprint density at radius 2 is 1.85 bits per heavy atom. The molecule has 2 rings (SSSR count). The number of thiophene rings is 1. The van der Waals surface area contributed by atoms with E-state index in [0.29, 0.717) is 6.42 Å². The number of para-hydroxylation sites is 1. The Morgan fingerprint density at radius 3 is 2.45 bits per heavy atom. The molecular formula is C15H15NO3S. The van der Waals surface area contributed by atoms with Crippen LogP contribution in [-0.4, -0.2) is 23.5 Å². The number of aliphatic carboxylic acids is 1. The first kappa shape index (κ1) is 14.3. The van der Waals surface area contributed by atoms with Crippen molar-refractivity contribution in [3.8, 4) is 0 Å².